The van der Waals surface area contributed by atoms with E-state index >= 15 is 0 Å². The first-order valence-electron chi connectivity index (χ1n) is 4.88. The second-order valence-corrected chi connectivity index (χ2v) is 4.37. The number of hydrogen-bond donors (Lipinski definition) is 2. The lowest BCUT2D eigenvalue weighted by atomic mass is 9.94. The second kappa shape index (κ2) is 5.55. The SMILES string of the molecule is CC(C)CCC(N)C(O)C(C)C. The minimum atomic E-state index is -0.344. The van der Waals surface area contributed by atoms with E-state index < -0.39 is 0 Å². The zero-order valence-electron chi connectivity index (χ0n) is 8.75. The minimum absolute atomic E-state index is 0.0487. The molecule has 0 bridgehead atoms. The molecular formula is C10H23NO. The van der Waals surface area contributed by atoms with Crippen molar-refractivity contribution in [3.05, 3.63) is 0 Å². The van der Waals surface area contributed by atoms with E-state index in [4.69, 9.17) is 5.73 Å². The van der Waals surface area contributed by atoms with Crippen LogP contribution in [-0.2, 0) is 0 Å². The summed E-state index contributed by atoms with van der Waals surface area (Å²) in [6.45, 7) is 8.35. The van der Waals surface area contributed by atoms with Crippen molar-refractivity contribution in [2.75, 3.05) is 0 Å². The molecule has 0 rings (SSSR count). The standard InChI is InChI=1S/C10H23NO/c1-7(2)5-6-9(11)10(12)8(3)4/h7-10,12H,5-6,11H2,1-4H3. The third-order valence-corrected chi connectivity index (χ3v) is 2.20. The summed E-state index contributed by atoms with van der Waals surface area (Å²) in [4.78, 5) is 0. The summed E-state index contributed by atoms with van der Waals surface area (Å²) in [5.41, 5.74) is 5.82. The van der Waals surface area contributed by atoms with E-state index in [9.17, 15) is 5.11 Å². The van der Waals surface area contributed by atoms with Crippen LogP contribution in [0.15, 0.2) is 0 Å². The first kappa shape index (κ1) is 11.9. The number of aliphatic hydroxyl groups is 1. The van der Waals surface area contributed by atoms with Crippen molar-refractivity contribution in [2.24, 2.45) is 17.6 Å². The first-order chi connectivity index (χ1) is 5.45. The van der Waals surface area contributed by atoms with Crippen molar-refractivity contribution in [3.63, 3.8) is 0 Å². The monoisotopic (exact) mass is 173 g/mol. The van der Waals surface area contributed by atoms with Gasteiger partial charge in [-0.25, -0.2) is 0 Å². The van der Waals surface area contributed by atoms with Gasteiger partial charge in [0.25, 0.3) is 0 Å². The van der Waals surface area contributed by atoms with Crippen LogP contribution in [0.5, 0.6) is 0 Å². The third kappa shape index (κ3) is 4.73. The van der Waals surface area contributed by atoms with Crippen molar-refractivity contribution in [1.82, 2.24) is 0 Å². The van der Waals surface area contributed by atoms with Gasteiger partial charge in [-0.3, -0.25) is 0 Å². The summed E-state index contributed by atoms with van der Waals surface area (Å²) in [6.07, 6.45) is 1.69. The molecule has 12 heavy (non-hydrogen) atoms. The highest BCUT2D eigenvalue weighted by Gasteiger charge is 2.17. The predicted octanol–water partition coefficient (Wildman–Crippen LogP) is 1.77. The largest absolute Gasteiger partial charge is 0.391 e. The molecule has 2 heteroatoms. The molecule has 0 aliphatic rings. The fourth-order valence-electron chi connectivity index (χ4n) is 1.19. The number of hydrogen-bond acceptors (Lipinski definition) is 2. The smallest absolute Gasteiger partial charge is 0.0713 e. The van der Waals surface area contributed by atoms with E-state index in [0.717, 1.165) is 12.8 Å². The molecule has 0 heterocycles. The Morgan fingerprint density at radius 2 is 1.58 bits per heavy atom. The molecule has 0 radical (unpaired) electrons. The van der Waals surface area contributed by atoms with Gasteiger partial charge in [0.2, 0.25) is 0 Å². The lowest BCUT2D eigenvalue weighted by molar-refractivity contribution is 0.0926. The topological polar surface area (TPSA) is 46.2 Å². The van der Waals surface area contributed by atoms with E-state index in [-0.39, 0.29) is 18.1 Å². The molecule has 2 unspecified atom stereocenters. The van der Waals surface area contributed by atoms with Gasteiger partial charge in [0.15, 0.2) is 0 Å². The normalized spacial score (nSPS) is 17.0. The highest BCUT2D eigenvalue weighted by Crippen LogP contribution is 2.12. The van der Waals surface area contributed by atoms with Gasteiger partial charge >= 0.3 is 0 Å². The minimum Gasteiger partial charge on any atom is -0.391 e. The number of aliphatic hydroxyl groups excluding tert-OH is 1. The Labute approximate surface area is 76.2 Å². The molecule has 2 nitrogen and oxygen atoms in total. The van der Waals surface area contributed by atoms with Gasteiger partial charge in [0.05, 0.1) is 6.10 Å². The Morgan fingerprint density at radius 1 is 1.08 bits per heavy atom. The predicted molar refractivity (Wildman–Crippen MR) is 52.9 cm³/mol. The number of nitrogens with two attached hydrogens (primary N) is 1. The van der Waals surface area contributed by atoms with Crippen molar-refractivity contribution in [2.45, 2.75) is 52.7 Å². The van der Waals surface area contributed by atoms with Crippen LogP contribution in [0.1, 0.15) is 40.5 Å². The maximum atomic E-state index is 9.58. The van der Waals surface area contributed by atoms with Crippen LogP contribution < -0.4 is 5.73 Å². The highest BCUT2D eigenvalue weighted by molar-refractivity contribution is 4.74. The molecule has 0 fully saturated rings. The quantitative estimate of drug-likeness (QED) is 0.665. The summed E-state index contributed by atoms with van der Waals surface area (Å²) in [5.74, 6) is 0.947. The molecule has 0 saturated heterocycles. The molecule has 3 N–H and O–H groups in total. The van der Waals surface area contributed by atoms with Crippen LogP contribution in [0, 0.1) is 11.8 Å². The van der Waals surface area contributed by atoms with E-state index in [1.807, 2.05) is 13.8 Å². The van der Waals surface area contributed by atoms with Crippen LogP contribution in [0.2, 0.25) is 0 Å². The Hall–Kier alpha value is -0.0800. The molecular weight excluding hydrogens is 150 g/mol. The molecule has 0 aliphatic carbocycles. The second-order valence-electron chi connectivity index (χ2n) is 4.37. The summed E-state index contributed by atoms with van der Waals surface area (Å²) >= 11 is 0. The van der Waals surface area contributed by atoms with Gasteiger partial charge < -0.3 is 10.8 Å². The fraction of sp³-hybridized carbons (Fsp3) is 1.00. The first-order valence-corrected chi connectivity index (χ1v) is 4.88. The molecule has 74 valence electrons. The van der Waals surface area contributed by atoms with E-state index in [1.54, 1.807) is 0 Å². The maximum absolute atomic E-state index is 9.58. The Balaban J connectivity index is 3.64. The van der Waals surface area contributed by atoms with E-state index in [0.29, 0.717) is 5.92 Å². The van der Waals surface area contributed by atoms with Gasteiger partial charge in [-0.2, -0.15) is 0 Å². The van der Waals surface area contributed by atoms with Gasteiger partial charge in [-0.1, -0.05) is 27.7 Å². The average molecular weight is 173 g/mol. The molecule has 0 aromatic carbocycles. The molecule has 0 saturated carbocycles. The van der Waals surface area contributed by atoms with Crippen molar-refractivity contribution < 1.29 is 5.11 Å². The molecule has 0 aliphatic heterocycles. The average Bonchev–Trinajstić information content (AvgIpc) is 1.98. The van der Waals surface area contributed by atoms with Crippen molar-refractivity contribution in [1.29, 1.82) is 0 Å². The van der Waals surface area contributed by atoms with Crippen LogP contribution in [0.25, 0.3) is 0 Å². The third-order valence-electron chi connectivity index (χ3n) is 2.20. The molecule has 0 amide bonds. The number of rotatable bonds is 5. The summed E-state index contributed by atoms with van der Waals surface area (Å²) in [6, 6.07) is -0.0487. The molecule has 0 aromatic rings. The summed E-state index contributed by atoms with van der Waals surface area (Å²) < 4.78 is 0. The Morgan fingerprint density at radius 3 is 1.92 bits per heavy atom. The Kier molecular flexibility index (Phi) is 5.51. The Bertz CT molecular complexity index is 112. The van der Waals surface area contributed by atoms with E-state index in [1.165, 1.54) is 0 Å². The fourth-order valence-corrected chi connectivity index (χ4v) is 1.19. The van der Waals surface area contributed by atoms with Gasteiger partial charge in [-0.15, -0.1) is 0 Å². The van der Waals surface area contributed by atoms with Gasteiger partial charge in [-0.05, 0) is 24.7 Å². The van der Waals surface area contributed by atoms with Crippen LogP contribution in [0.4, 0.5) is 0 Å². The van der Waals surface area contributed by atoms with Crippen molar-refractivity contribution in [3.8, 4) is 0 Å². The lowest BCUT2D eigenvalue weighted by Crippen LogP contribution is -2.38. The molecule has 0 aromatic heterocycles. The zero-order chi connectivity index (χ0) is 9.72. The zero-order valence-corrected chi connectivity index (χ0v) is 8.75. The lowest BCUT2D eigenvalue weighted by Gasteiger charge is -2.22. The molecule has 0 spiro atoms. The van der Waals surface area contributed by atoms with Crippen LogP contribution in [-0.4, -0.2) is 17.3 Å². The summed E-state index contributed by atoms with van der Waals surface area (Å²) in [5, 5.41) is 9.58. The van der Waals surface area contributed by atoms with Crippen LogP contribution >= 0.6 is 0 Å². The van der Waals surface area contributed by atoms with E-state index in [2.05, 4.69) is 13.8 Å². The highest BCUT2D eigenvalue weighted by atomic mass is 16.3. The maximum Gasteiger partial charge on any atom is 0.0713 e. The summed E-state index contributed by atoms with van der Waals surface area (Å²) in [7, 11) is 0. The van der Waals surface area contributed by atoms with Gasteiger partial charge in [0, 0.05) is 6.04 Å². The molecule has 2 atom stereocenters. The van der Waals surface area contributed by atoms with Crippen LogP contribution in [0.3, 0.4) is 0 Å². The van der Waals surface area contributed by atoms with Crippen molar-refractivity contribution >= 4 is 0 Å². The van der Waals surface area contributed by atoms with Gasteiger partial charge in [0.1, 0.15) is 0 Å².